The minimum Gasteiger partial charge on any atom is -0.475 e. The van der Waals surface area contributed by atoms with Gasteiger partial charge in [0.1, 0.15) is 0 Å². The third kappa shape index (κ3) is 5.52. The molecule has 0 aliphatic carbocycles. The van der Waals surface area contributed by atoms with Crippen LogP contribution in [-0.4, -0.2) is 32.4 Å². The maximum Gasteiger partial charge on any atom is 0.490 e. The van der Waals surface area contributed by atoms with Crippen molar-refractivity contribution in [3.63, 3.8) is 0 Å². The summed E-state index contributed by atoms with van der Waals surface area (Å²) in [6, 6.07) is 5.13. The zero-order valence-corrected chi connectivity index (χ0v) is 11.5. The Balaban J connectivity index is 0.000000270. The van der Waals surface area contributed by atoms with Gasteiger partial charge in [0.15, 0.2) is 5.82 Å². The lowest BCUT2D eigenvalue weighted by Crippen LogP contribution is -2.21. The molecule has 1 heterocycles. The van der Waals surface area contributed by atoms with Gasteiger partial charge in [-0.1, -0.05) is 23.2 Å². The number of halogens is 5. The molecule has 21 heavy (non-hydrogen) atoms. The Bertz CT molecular complexity index is 624. The number of carbonyl (C=O) groups is 1. The van der Waals surface area contributed by atoms with Crippen LogP contribution in [0.5, 0.6) is 0 Å². The van der Waals surface area contributed by atoms with Crippen molar-refractivity contribution in [1.82, 2.24) is 15.2 Å². The second-order valence-corrected chi connectivity index (χ2v) is 4.24. The van der Waals surface area contributed by atoms with Crippen molar-refractivity contribution in [1.29, 1.82) is 0 Å². The molecule has 2 aromatic rings. The molecule has 112 valence electrons. The van der Waals surface area contributed by atoms with Crippen molar-refractivity contribution >= 4 is 29.2 Å². The fourth-order valence-corrected chi connectivity index (χ4v) is 1.41. The highest BCUT2D eigenvalue weighted by Gasteiger charge is 2.38. The average Bonchev–Trinajstić information content (AvgIpc) is 2.42. The van der Waals surface area contributed by atoms with Crippen molar-refractivity contribution in [2.75, 3.05) is 0 Å². The van der Waals surface area contributed by atoms with Gasteiger partial charge in [-0.3, -0.25) is 0 Å². The van der Waals surface area contributed by atoms with Crippen LogP contribution >= 0.6 is 23.2 Å². The van der Waals surface area contributed by atoms with Crippen LogP contribution in [0.3, 0.4) is 0 Å². The van der Waals surface area contributed by atoms with Gasteiger partial charge >= 0.3 is 12.1 Å². The molecule has 1 N–H and O–H groups in total. The van der Waals surface area contributed by atoms with Crippen LogP contribution in [0.1, 0.15) is 0 Å². The Morgan fingerprint density at radius 3 is 2.29 bits per heavy atom. The Hall–Kier alpha value is -1.93. The van der Waals surface area contributed by atoms with E-state index in [2.05, 4.69) is 15.2 Å². The van der Waals surface area contributed by atoms with Gasteiger partial charge in [-0.05, 0) is 18.2 Å². The van der Waals surface area contributed by atoms with Gasteiger partial charge in [-0.2, -0.15) is 18.3 Å². The largest absolute Gasteiger partial charge is 0.490 e. The molecule has 0 fully saturated rings. The zero-order chi connectivity index (χ0) is 16.0. The summed E-state index contributed by atoms with van der Waals surface area (Å²) in [4.78, 5) is 12.9. The van der Waals surface area contributed by atoms with Gasteiger partial charge in [0, 0.05) is 16.8 Å². The number of rotatable bonds is 1. The van der Waals surface area contributed by atoms with Crippen LogP contribution < -0.4 is 0 Å². The van der Waals surface area contributed by atoms with Gasteiger partial charge in [-0.25, -0.2) is 9.78 Å². The summed E-state index contributed by atoms with van der Waals surface area (Å²) in [6.45, 7) is 0. The number of carboxylic acids is 1. The van der Waals surface area contributed by atoms with E-state index in [1.807, 2.05) is 0 Å². The Kier molecular flexibility index (Phi) is 5.86. The van der Waals surface area contributed by atoms with E-state index in [0.29, 0.717) is 21.4 Å². The van der Waals surface area contributed by atoms with Crippen molar-refractivity contribution < 1.29 is 23.1 Å². The molecule has 0 aliphatic rings. The van der Waals surface area contributed by atoms with E-state index in [0.717, 1.165) is 0 Å². The van der Waals surface area contributed by atoms with Gasteiger partial charge in [0.25, 0.3) is 0 Å². The van der Waals surface area contributed by atoms with E-state index in [1.165, 1.54) is 6.20 Å². The highest BCUT2D eigenvalue weighted by molar-refractivity contribution is 6.35. The number of hydrogen-bond donors (Lipinski definition) is 1. The van der Waals surface area contributed by atoms with Crippen molar-refractivity contribution in [3.8, 4) is 11.4 Å². The molecule has 0 unspecified atom stereocenters. The molecular weight excluding hydrogens is 334 g/mol. The molecule has 0 spiro atoms. The number of carboxylic acid groups (broad SMARTS) is 1. The normalized spacial score (nSPS) is 10.5. The monoisotopic (exact) mass is 339 g/mol. The van der Waals surface area contributed by atoms with Crippen molar-refractivity contribution in [3.05, 3.63) is 40.6 Å². The van der Waals surface area contributed by atoms with Gasteiger partial charge in [0.05, 0.1) is 11.2 Å². The summed E-state index contributed by atoms with van der Waals surface area (Å²) in [5.41, 5.74) is 0.687. The lowest BCUT2D eigenvalue weighted by Gasteiger charge is -2.01. The first-order valence-electron chi connectivity index (χ1n) is 5.11. The summed E-state index contributed by atoms with van der Waals surface area (Å²) >= 11 is 11.8. The molecule has 0 radical (unpaired) electrons. The summed E-state index contributed by atoms with van der Waals surface area (Å²) in [6.07, 6.45) is -2.03. The summed E-state index contributed by atoms with van der Waals surface area (Å²) in [5.74, 6) is -2.28. The highest BCUT2D eigenvalue weighted by atomic mass is 35.5. The lowest BCUT2D eigenvalue weighted by molar-refractivity contribution is -0.192. The van der Waals surface area contributed by atoms with Crippen LogP contribution in [0.4, 0.5) is 13.2 Å². The maximum absolute atomic E-state index is 10.6. The summed E-state index contributed by atoms with van der Waals surface area (Å²) in [5, 5.41) is 15.8. The van der Waals surface area contributed by atoms with Crippen LogP contribution in [0.15, 0.2) is 30.6 Å². The summed E-state index contributed by atoms with van der Waals surface area (Å²) < 4.78 is 31.7. The third-order valence-electron chi connectivity index (χ3n) is 1.89. The Morgan fingerprint density at radius 1 is 1.19 bits per heavy atom. The SMILES string of the molecule is Clc1ccc(Cl)c(-c2nccnn2)c1.O=C(O)C(F)(F)F. The quantitative estimate of drug-likeness (QED) is 0.860. The minimum absolute atomic E-state index is 0.472. The number of aliphatic carboxylic acids is 1. The smallest absolute Gasteiger partial charge is 0.475 e. The predicted octanol–water partition coefficient (Wildman–Crippen LogP) is 3.48. The predicted molar refractivity (Wildman–Crippen MR) is 69.0 cm³/mol. The first-order valence-corrected chi connectivity index (χ1v) is 5.86. The Labute approximate surface area is 126 Å². The first-order chi connectivity index (χ1) is 9.71. The molecule has 0 bridgehead atoms. The van der Waals surface area contributed by atoms with Crippen LogP contribution in [0, 0.1) is 0 Å². The molecule has 1 aromatic carbocycles. The number of benzene rings is 1. The number of hydrogen-bond acceptors (Lipinski definition) is 4. The molecule has 0 atom stereocenters. The molecule has 0 aliphatic heterocycles. The molecule has 10 heteroatoms. The topological polar surface area (TPSA) is 76.0 Å². The van der Waals surface area contributed by atoms with Crippen LogP contribution in [0.25, 0.3) is 11.4 Å². The lowest BCUT2D eigenvalue weighted by atomic mass is 10.2. The average molecular weight is 340 g/mol. The molecule has 0 saturated carbocycles. The van der Waals surface area contributed by atoms with E-state index in [-0.39, 0.29) is 0 Å². The fraction of sp³-hybridized carbons (Fsp3) is 0.0909. The van der Waals surface area contributed by atoms with E-state index in [9.17, 15) is 13.2 Å². The number of aromatic nitrogens is 3. The summed E-state index contributed by atoms with van der Waals surface area (Å²) in [7, 11) is 0. The molecule has 1 aromatic heterocycles. The Morgan fingerprint density at radius 2 is 1.81 bits per heavy atom. The second kappa shape index (κ2) is 7.19. The van der Waals surface area contributed by atoms with E-state index >= 15 is 0 Å². The molecule has 0 amide bonds. The van der Waals surface area contributed by atoms with E-state index < -0.39 is 12.1 Å². The number of nitrogens with zero attached hydrogens (tertiary/aromatic N) is 3. The number of alkyl halides is 3. The van der Waals surface area contributed by atoms with Gasteiger partial charge in [0.2, 0.25) is 0 Å². The molecule has 0 saturated heterocycles. The molecule has 5 nitrogen and oxygen atoms in total. The van der Waals surface area contributed by atoms with E-state index in [1.54, 1.807) is 24.4 Å². The minimum atomic E-state index is -5.08. The molecule has 2 rings (SSSR count). The fourth-order valence-electron chi connectivity index (χ4n) is 1.04. The second-order valence-electron chi connectivity index (χ2n) is 3.39. The van der Waals surface area contributed by atoms with Gasteiger partial charge < -0.3 is 5.11 Å². The standard InChI is InChI=1S/C9H5Cl2N3.C2HF3O2/c10-6-1-2-8(11)7(5-6)9-12-3-4-13-14-9;3-2(4,5)1(6)7/h1-5H;(H,6,7). The highest BCUT2D eigenvalue weighted by Crippen LogP contribution is 2.27. The van der Waals surface area contributed by atoms with E-state index in [4.69, 9.17) is 33.1 Å². The maximum atomic E-state index is 10.6. The zero-order valence-electron chi connectivity index (χ0n) is 9.97. The van der Waals surface area contributed by atoms with Crippen LogP contribution in [0.2, 0.25) is 10.0 Å². The van der Waals surface area contributed by atoms with Crippen molar-refractivity contribution in [2.24, 2.45) is 0 Å². The van der Waals surface area contributed by atoms with Crippen molar-refractivity contribution in [2.45, 2.75) is 6.18 Å². The van der Waals surface area contributed by atoms with Gasteiger partial charge in [-0.15, -0.1) is 5.10 Å². The molecular formula is C11H6Cl2F3N3O2. The third-order valence-corrected chi connectivity index (χ3v) is 2.46. The van der Waals surface area contributed by atoms with Crippen LogP contribution in [-0.2, 0) is 4.79 Å². The first kappa shape index (κ1) is 17.1.